The van der Waals surface area contributed by atoms with Crippen molar-refractivity contribution in [3.63, 3.8) is 0 Å². The van der Waals surface area contributed by atoms with Crippen LogP contribution in [0.4, 0.5) is 5.69 Å². The smallest absolute Gasteiger partial charge is 0.308 e. The second-order valence-electron chi connectivity index (χ2n) is 5.88. The zero-order valence-electron chi connectivity index (χ0n) is 15.1. The van der Waals surface area contributed by atoms with Crippen molar-refractivity contribution < 1.29 is 19.1 Å². The van der Waals surface area contributed by atoms with Crippen molar-refractivity contribution in [1.29, 1.82) is 0 Å². The minimum absolute atomic E-state index is 0.0357. The molecule has 2 rings (SSSR count). The second kappa shape index (κ2) is 9.73. The van der Waals surface area contributed by atoms with Crippen molar-refractivity contribution >= 4 is 35.1 Å². The van der Waals surface area contributed by atoms with Crippen LogP contribution in [0, 0.1) is 0 Å². The van der Waals surface area contributed by atoms with Crippen LogP contribution >= 0.6 is 11.6 Å². The second-order valence-corrected chi connectivity index (χ2v) is 6.31. The van der Waals surface area contributed by atoms with E-state index < -0.39 is 12.1 Å². The Kier molecular flexibility index (Phi) is 7.37. The van der Waals surface area contributed by atoms with Gasteiger partial charge in [-0.15, -0.1) is 0 Å². The van der Waals surface area contributed by atoms with Gasteiger partial charge in [0.25, 0.3) is 11.8 Å². The fourth-order valence-corrected chi connectivity index (χ4v) is 2.47. The summed E-state index contributed by atoms with van der Waals surface area (Å²) in [7, 11) is 1.62. The summed E-state index contributed by atoms with van der Waals surface area (Å²) in [6, 6.07) is 15.5. The summed E-state index contributed by atoms with van der Waals surface area (Å²) in [6.07, 6.45) is -0.957. The quantitative estimate of drug-likeness (QED) is 0.739. The molecule has 2 aromatic rings. The van der Waals surface area contributed by atoms with Crippen molar-refractivity contribution in [1.82, 2.24) is 5.32 Å². The zero-order chi connectivity index (χ0) is 19.8. The number of carbonyl (C=O) groups excluding carboxylic acids is 3. The standard InChI is InChI=1S/C20H21ClN2O4/c1-14(20(26)23(2)17-6-4-3-5-7-17)27-18(24)12-13-22-19(25)15-8-10-16(21)11-9-15/h3-11,14H,12-13H2,1-2H3,(H,22,25)/t14-/m1/s1. The van der Waals surface area contributed by atoms with Gasteiger partial charge in [-0.1, -0.05) is 29.8 Å². The van der Waals surface area contributed by atoms with Crippen molar-refractivity contribution in [3.05, 3.63) is 65.2 Å². The number of halogens is 1. The molecule has 142 valence electrons. The lowest BCUT2D eigenvalue weighted by atomic mass is 10.2. The van der Waals surface area contributed by atoms with E-state index in [1.54, 1.807) is 43.4 Å². The number of hydrogen-bond acceptors (Lipinski definition) is 4. The number of nitrogens with one attached hydrogen (secondary N) is 1. The molecule has 0 saturated carbocycles. The van der Waals surface area contributed by atoms with E-state index in [-0.39, 0.29) is 24.8 Å². The fraction of sp³-hybridized carbons (Fsp3) is 0.250. The first kappa shape index (κ1) is 20.5. The van der Waals surface area contributed by atoms with E-state index in [2.05, 4.69) is 5.32 Å². The summed E-state index contributed by atoms with van der Waals surface area (Å²) >= 11 is 5.77. The van der Waals surface area contributed by atoms with Gasteiger partial charge in [0.15, 0.2) is 6.10 Å². The number of benzene rings is 2. The number of nitrogens with zero attached hydrogens (tertiary/aromatic N) is 1. The highest BCUT2D eigenvalue weighted by molar-refractivity contribution is 6.30. The van der Waals surface area contributed by atoms with Crippen LogP contribution in [0.1, 0.15) is 23.7 Å². The predicted octanol–water partition coefficient (Wildman–Crippen LogP) is 3.05. The SMILES string of the molecule is C[C@@H](OC(=O)CCNC(=O)c1ccc(Cl)cc1)C(=O)N(C)c1ccccc1. The average molecular weight is 389 g/mol. The first-order valence-corrected chi connectivity index (χ1v) is 8.82. The molecule has 0 unspecified atom stereocenters. The van der Waals surface area contributed by atoms with E-state index in [4.69, 9.17) is 16.3 Å². The molecule has 6 nitrogen and oxygen atoms in total. The molecule has 0 spiro atoms. The molecule has 1 atom stereocenters. The first-order valence-electron chi connectivity index (χ1n) is 8.44. The Bertz CT molecular complexity index is 793. The van der Waals surface area contributed by atoms with E-state index >= 15 is 0 Å². The molecule has 0 saturated heterocycles. The van der Waals surface area contributed by atoms with E-state index in [9.17, 15) is 14.4 Å². The Morgan fingerprint density at radius 2 is 1.70 bits per heavy atom. The third kappa shape index (κ3) is 6.11. The van der Waals surface area contributed by atoms with Gasteiger partial charge in [-0.2, -0.15) is 0 Å². The van der Waals surface area contributed by atoms with E-state index in [1.165, 1.54) is 11.8 Å². The molecular formula is C20H21ClN2O4. The van der Waals surface area contributed by atoms with Gasteiger partial charge < -0.3 is 15.0 Å². The Morgan fingerprint density at radius 1 is 1.07 bits per heavy atom. The van der Waals surface area contributed by atoms with Gasteiger partial charge >= 0.3 is 5.97 Å². The maximum Gasteiger partial charge on any atom is 0.308 e. The molecule has 0 aliphatic carbocycles. The number of hydrogen-bond donors (Lipinski definition) is 1. The molecule has 0 heterocycles. The molecule has 2 aromatic carbocycles. The van der Waals surface area contributed by atoms with Gasteiger partial charge in [0.2, 0.25) is 0 Å². The van der Waals surface area contributed by atoms with E-state index in [0.29, 0.717) is 16.3 Å². The van der Waals surface area contributed by atoms with Gasteiger partial charge in [-0.3, -0.25) is 14.4 Å². The molecule has 7 heteroatoms. The largest absolute Gasteiger partial charge is 0.452 e. The third-order valence-corrected chi connectivity index (χ3v) is 4.10. The molecule has 2 amide bonds. The van der Waals surface area contributed by atoms with Crippen LogP contribution < -0.4 is 10.2 Å². The van der Waals surface area contributed by atoms with Gasteiger partial charge in [-0.05, 0) is 43.3 Å². The number of rotatable bonds is 7. The van der Waals surface area contributed by atoms with Crippen LogP contribution in [0.15, 0.2) is 54.6 Å². The van der Waals surface area contributed by atoms with Gasteiger partial charge in [-0.25, -0.2) is 0 Å². The summed E-state index contributed by atoms with van der Waals surface area (Å²) in [5.74, 6) is -1.21. The molecule has 0 aromatic heterocycles. The van der Waals surface area contributed by atoms with Crippen LogP contribution in [-0.4, -0.2) is 37.5 Å². The average Bonchev–Trinajstić information content (AvgIpc) is 2.67. The lowest BCUT2D eigenvalue weighted by Crippen LogP contribution is -2.38. The summed E-state index contributed by atoms with van der Waals surface area (Å²) < 4.78 is 5.16. The Morgan fingerprint density at radius 3 is 2.33 bits per heavy atom. The summed E-state index contributed by atoms with van der Waals surface area (Å²) in [5.41, 5.74) is 1.15. The number of anilines is 1. The molecule has 0 fully saturated rings. The molecular weight excluding hydrogens is 368 g/mol. The number of para-hydroxylation sites is 1. The first-order chi connectivity index (χ1) is 12.9. The van der Waals surface area contributed by atoms with E-state index in [0.717, 1.165) is 0 Å². The van der Waals surface area contributed by atoms with Crippen molar-refractivity contribution in [2.75, 3.05) is 18.5 Å². The van der Waals surface area contributed by atoms with Gasteiger partial charge in [0, 0.05) is 29.9 Å². The zero-order valence-corrected chi connectivity index (χ0v) is 15.9. The topological polar surface area (TPSA) is 75.7 Å². The molecule has 0 aliphatic rings. The highest BCUT2D eigenvalue weighted by Gasteiger charge is 2.22. The van der Waals surface area contributed by atoms with Crippen molar-refractivity contribution in [2.24, 2.45) is 0 Å². The van der Waals surface area contributed by atoms with Crippen molar-refractivity contribution in [2.45, 2.75) is 19.4 Å². The predicted molar refractivity (Wildman–Crippen MR) is 104 cm³/mol. The minimum atomic E-state index is -0.922. The van der Waals surface area contributed by atoms with Crippen LogP contribution in [0.5, 0.6) is 0 Å². The fourth-order valence-electron chi connectivity index (χ4n) is 2.34. The number of ether oxygens (including phenoxy) is 1. The Hall–Kier alpha value is -2.86. The van der Waals surface area contributed by atoms with Crippen molar-refractivity contribution in [3.8, 4) is 0 Å². The lowest BCUT2D eigenvalue weighted by molar-refractivity contribution is -0.153. The molecule has 0 bridgehead atoms. The number of carbonyl (C=O) groups is 3. The van der Waals surface area contributed by atoms with Crippen LogP contribution in [0.25, 0.3) is 0 Å². The van der Waals surface area contributed by atoms with Crippen LogP contribution in [0.3, 0.4) is 0 Å². The van der Waals surface area contributed by atoms with Gasteiger partial charge in [0.1, 0.15) is 0 Å². The normalized spacial score (nSPS) is 11.4. The minimum Gasteiger partial charge on any atom is -0.452 e. The summed E-state index contributed by atoms with van der Waals surface area (Å²) in [4.78, 5) is 37.6. The van der Waals surface area contributed by atoms with Gasteiger partial charge in [0.05, 0.1) is 6.42 Å². The third-order valence-electron chi connectivity index (χ3n) is 3.85. The number of likely N-dealkylation sites (N-methyl/N-ethyl adjacent to an activating group) is 1. The maximum absolute atomic E-state index is 12.3. The highest BCUT2D eigenvalue weighted by atomic mass is 35.5. The highest BCUT2D eigenvalue weighted by Crippen LogP contribution is 2.13. The number of esters is 1. The number of amides is 2. The van der Waals surface area contributed by atoms with Crippen LogP contribution in [-0.2, 0) is 14.3 Å². The molecule has 0 aliphatic heterocycles. The van der Waals surface area contributed by atoms with Crippen LogP contribution in [0.2, 0.25) is 5.02 Å². The summed E-state index contributed by atoms with van der Waals surface area (Å²) in [6.45, 7) is 1.63. The molecule has 27 heavy (non-hydrogen) atoms. The Balaban J connectivity index is 1.77. The molecule has 1 N–H and O–H groups in total. The summed E-state index contributed by atoms with van der Waals surface area (Å²) in [5, 5.41) is 3.16. The maximum atomic E-state index is 12.3. The Labute approximate surface area is 163 Å². The monoisotopic (exact) mass is 388 g/mol. The van der Waals surface area contributed by atoms with E-state index in [1.807, 2.05) is 18.2 Å². The lowest BCUT2D eigenvalue weighted by Gasteiger charge is -2.21. The molecule has 0 radical (unpaired) electrons.